The number of ketones is 1. The molecule has 0 heterocycles. The van der Waals surface area contributed by atoms with Crippen LogP contribution >= 0.6 is 0 Å². The van der Waals surface area contributed by atoms with Gasteiger partial charge in [-0.3, -0.25) is 9.79 Å². The maximum Gasteiger partial charge on any atom is 0.168 e. The van der Waals surface area contributed by atoms with Gasteiger partial charge in [0.2, 0.25) is 0 Å². The molecule has 2 rings (SSSR count). The average molecular weight is 267 g/mol. The first kappa shape index (κ1) is 14.0. The van der Waals surface area contributed by atoms with Gasteiger partial charge in [0.15, 0.2) is 5.78 Å². The molecule has 0 N–H and O–H groups in total. The van der Waals surface area contributed by atoms with E-state index in [1.54, 1.807) is 13.3 Å². The molecular formula is C17H17NO2. The lowest BCUT2D eigenvalue weighted by atomic mass is 10.1. The monoisotopic (exact) mass is 267 g/mol. The summed E-state index contributed by atoms with van der Waals surface area (Å²) < 4.78 is 5.09. The molecule has 0 atom stereocenters. The molecule has 0 aliphatic rings. The molecule has 0 aliphatic heterocycles. The lowest BCUT2D eigenvalue weighted by Crippen LogP contribution is -1.99. The molecule has 0 unspecified atom stereocenters. The van der Waals surface area contributed by atoms with Crippen molar-refractivity contribution in [3.8, 4) is 5.75 Å². The predicted octanol–water partition coefficient (Wildman–Crippen LogP) is 3.54. The van der Waals surface area contributed by atoms with Gasteiger partial charge in [0, 0.05) is 18.2 Å². The van der Waals surface area contributed by atoms with Gasteiger partial charge in [0.05, 0.1) is 13.7 Å². The van der Waals surface area contributed by atoms with Gasteiger partial charge in [0.1, 0.15) is 5.75 Å². The SMILES string of the molecule is COc1ccc(CN=CCC(=O)c2ccccc2)cc1. The largest absolute Gasteiger partial charge is 0.497 e. The molecule has 20 heavy (non-hydrogen) atoms. The standard InChI is InChI=1S/C17H17NO2/c1-20-16-9-7-14(8-10-16)13-18-12-11-17(19)15-5-3-2-4-6-15/h2-10,12H,11,13H2,1H3. The molecule has 0 saturated heterocycles. The summed E-state index contributed by atoms with van der Waals surface area (Å²) in [6.45, 7) is 0.575. The number of methoxy groups -OCH3 is 1. The molecule has 0 fully saturated rings. The van der Waals surface area contributed by atoms with Crippen LogP contribution in [0.2, 0.25) is 0 Å². The van der Waals surface area contributed by atoms with Crippen molar-refractivity contribution in [2.75, 3.05) is 7.11 Å². The second kappa shape index (κ2) is 7.24. The van der Waals surface area contributed by atoms with Gasteiger partial charge in [-0.15, -0.1) is 0 Å². The summed E-state index contributed by atoms with van der Waals surface area (Å²) in [5.41, 5.74) is 1.82. The van der Waals surface area contributed by atoms with E-state index in [2.05, 4.69) is 4.99 Å². The third-order valence-electron chi connectivity index (χ3n) is 2.93. The predicted molar refractivity (Wildman–Crippen MR) is 80.6 cm³/mol. The number of rotatable bonds is 6. The first-order valence-electron chi connectivity index (χ1n) is 6.49. The summed E-state index contributed by atoms with van der Waals surface area (Å²) in [5.74, 6) is 0.918. The zero-order valence-electron chi connectivity index (χ0n) is 11.5. The third-order valence-corrected chi connectivity index (χ3v) is 2.93. The van der Waals surface area contributed by atoms with Crippen molar-refractivity contribution < 1.29 is 9.53 Å². The lowest BCUT2D eigenvalue weighted by molar-refractivity contribution is 0.100. The maximum absolute atomic E-state index is 11.8. The van der Waals surface area contributed by atoms with Gasteiger partial charge >= 0.3 is 0 Å². The molecule has 0 spiro atoms. The number of aliphatic imine (C=N–C) groups is 1. The summed E-state index contributed by atoms with van der Waals surface area (Å²) in [7, 11) is 1.64. The molecule has 3 nitrogen and oxygen atoms in total. The minimum atomic E-state index is 0.0871. The van der Waals surface area contributed by atoms with Crippen LogP contribution in [-0.2, 0) is 6.54 Å². The van der Waals surface area contributed by atoms with Crippen molar-refractivity contribution in [3.05, 3.63) is 65.7 Å². The third kappa shape index (κ3) is 4.05. The van der Waals surface area contributed by atoms with Gasteiger partial charge in [-0.1, -0.05) is 42.5 Å². The number of carbonyl (C=O) groups excluding carboxylic acids is 1. The highest BCUT2D eigenvalue weighted by Crippen LogP contribution is 2.11. The smallest absolute Gasteiger partial charge is 0.168 e. The minimum absolute atomic E-state index is 0.0871. The zero-order valence-corrected chi connectivity index (χ0v) is 11.5. The number of carbonyl (C=O) groups is 1. The summed E-state index contributed by atoms with van der Waals surface area (Å²) in [4.78, 5) is 16.1. The summed E-state index contributed by atoms with van der Waals surface area (Å²) in [5, 5.41) is 0. The van der Waals surface area contributed by atoms with E-state index in [9.17, 15) is 4.79 Å². The summed E-state index contributed by atoms with van der Waals surface area (Å²) >= 11 is 0. The number of ether oxygens (including phenoxy) is 1. The number of hydrogen-bond donors (Lipinski definition) is 0. The van der Waals surface area contributed by atoms with E-state index < -0.39 is 0 Å². The highest BCUT2D eigenvalue weighted by atomic mass is 16.5. The van der Waals surface area contributed by atoms with Crippen molar-refractivity contribution in [2.45, 2.75) is 13.0 Å². The van der Waals surface area contributed by atoms with Crippen molar-refractivity contribution >= 4 is 12.0 Å². The van der Waals surface area contributed by atoms with Gasteiger partial charge in [-0.25, -0.2) is 0 Å². The molecular weight excluding hydrogens is 250 g/mol. The highest BCUT2D eigenvalue weighted by Gasteiger charge is 2.01. The number of hydrogen-bond acceptors (Lipinski definition) is 3. The second-order valence-corrected chi connectivity index (χ2v) is 4.36. The van der Waals surface area contributed by atoms with Gasteiger partial charge < -0.3 is 4.74 Å². The normalized spacial score (nSPS) is 10.7. The Morgan fingerprint density at radius 1 is 1.10 bits per heavy atom. The first-order chi connectivity index (χ1) is 9.79. The summed E-state index contributed by atoms with van der Waals surface area (Å²) in [6.07, 6.45) is 2.01. The van der Waals surface area contributed by atoms with Crippen LogP contribution < -0.4 is 4.74 Å². The van der Waals surface area contributed by atoms with Crippen molar-refractivity contribution in [1.29, 1.82) is 0 Å². The van der Waals surface area contributed by atoms with Crippen molar-refractivity contribution in [2.24, 2.45) is 4.99 Å². The van der Waals surface area contributed by atoms with Crippen LogP contribution in [0.4, 0.5) is 0 Å². The fraction of sp³-hybridized carbons (Fsp3) is 0.176. The lowest BCUT2D eigenvalue weighted by Gasteiger charge is -2.00. The van der Waals surface area contributed by atoms with Gasteiger partial charge in [0.25, 0.3) is 0 Å². The van der Waals surface area contributed by atoms with Gasteiger partial charge in [-0.05, 0) is 17.7 Å². The molecule has 0 saturated carbocycles. The average Bonchev–Trinajstić information content (AvgIpc) is 2.53. The number of Topliss-reactive ketones (excluding diaryl/α,β-unsaturated/α-hetero) is 1. The fourth-order valence-corrected chi connectivity index (χ4v) is 1.79. The van der Waals surface area contributed by atoms with Crippen LogP contribution in [0.3, 0.4) is 0 Å². The molecule has 2 aromatic carbocycles. The maximum atomic E-state index is 11.8. The van der Waals surface area contributed by atoms with Crippen molar-refractivity contribution in [1.82, 2.24) is 0 Å². The highest BCUT2D eigenvalue weighted by molar-refractivity contribution is 6.03. The van der Waals surface area contributed by atoms with Gasteiger partial charge in [-0.2, -0.15) is 0 Å². The molecule has 0 aliphatic carbocycles. The van der Waals surface area contributed by atoms with E-state index in [4.69, 9.17) is 4.74 Å². The molecule has 102 valence electrons. The van der Waals surface area contributed by atoms with Crippen LogP contribution in [0.5, 0.6) is 5.75 Å². The molecule has 0 radical (unpaired) electrons. The quantitative estimate of drug-likeness (QED) is 0.593. The minimum Gasteiger partial charge on any atom is -0.497 e. The molecule has 2 aromatic rings. The Kier molecular flexibility index (Phi) is 5.07. The molecule has 0 aromatic heterocycles. The first-order valence-corrected chi connectivity index (χ1v) is 6.49. The Morgan fingerprint density at radius 3 is 2.45 bits per heavy atom. The van der Waals surface area contributed by atoms with Crippen molar-refractivity contribution in [3.63, 3.8) is 0 Å². The fourth-order valence-electron chi connectivity index (χ4n) is 1.79. The van der Waals surface area contributed by atoms with E-state index in [1.165, 1.54) is 0 Å². The van der Waals surface area contributed by atoms with E-state index in [1.807, 2.05) is 54.6 Å². The Morgan fingerprint density at radius 2 is 1.80 bits per heavy atom. The molecule has 3 heteroatoms. The van der Waals surface area contributed by atoms with E-state index >= 15 is 0 Å². The Bertz CT molecular complexity index is 574. The Labute approximate surface area is 118 Å². The number of benzene rings is 2. The van der Waals surface area contributed by atoms with Crippen LogP contribution in [-0.4, -0.2) is 19.1 Å². The number of nitrogens with zero attached hydrogens (tertiary/aromatic N) is 1. The van der Waals surface area contributed by atoms with Crippen LogP contribution in [0, 0.1) is 0 Å². The van der Waals surface area contributed by atoms with E-state index in [0.29, 0.717) is 13.0 Å². The van der Waals surface area contributed by atoms with E-state index in [0.717, 1.165) is 16.9 Å². The summed E-state index contributed by atoms with van der Waals surface area (Å²) in [6, 6.07) is 17.0. The molecule has 0 amide bonds. The molecule has 0 bridgehead atoms. The van der Waals surface area contributed by atoms with E-state index in [-0.39, 0.29) is 5.78 Å². The Balaban J connectivity index is 1.83. The van der Waals surface area contributed by atoms with Crippen LogP contribution in [0.25, 0.3) is 0 Å². The van der Waals surface area contributed by atoms with Crippen LogP contribution in [0.1, 0.15) is 22.3 Å². The van der Waals surface area contributed by atoms with Crippen LogP contribution in [0.15, 0.2) is 59.6 Å². The second-order valence-electron chi connectivity index (χ2n) is 4.36. The zero-order chi connectivity index (χ0) is 14.2. The Hall–Kier alpha value is -2.42. The topological polar surface area (TPSA) is 38.7 Å².